The van der Waals surface area contributed by atoms with Crippen molar-refractivity contribution in [2.45, 2.75) is 13.5 Å². The highest BCUT2D eigenvalue weighted by Crippen LogP contribution is 2.19. The topological polar surface area (TPSA) is 83.8 Å². The van der Waals surface area contributed by atoms with E-state index in [0.29, 0.717) is 12.3 Å². The average molecular weight is 282 g/mol. The number of benzene rings is 1. The van der Waals surface area contributed by atoms with Crippen LogP contribution in [-0.2, 0) is 6.54 Å². The molecule has 0 saturated carbocycles. The first-order valence-corrected chi connectivity index (χ1v) is 6.53. The van der Waals surface area contributed by atoms with Crippen molar-refractivity contribution in [1.82, 2.24) is 20.7 Å². The van der Waals surface area contributed by atoms with Gasteiger partial charge in [0.1, 0.15) is 0 Å². The minimum absolute atomic E-state index is 0.259. The Morgan fingerprint density at radius 3 is 2.86 bits per heavy atom. The summed E-state index contributed by atoms with van der Waals surface area (Å²) in [4.78, 5) is 12.0. The van der Waals surface area contributed by atoms with Gasteiger partial charge in [0.2, 0.25) is 0 Å². The van der Waals surface area contributed by atoms with Crippen LogP contribution in [0, 0.1) is 6.92 Å². The third-order valence-electron chi connectivity index (χ3n) is 3.17. The summed E-state index contributed by atoms with van der Waals surface area (Å²) in [6.45, 7) is 2.30. The number of amides is 1. The molecule has 2 heterocycles. The molecule has 106 valence electrons. The summed E-state index contributed by atoms with van der Waals surface area (Å²) in [5.41, 5.74) is 3.01. The van der Waals surface area contributed by atoms with E-state index in [1.165, 1.54) is 0 Å². The van der Waals surface area contributed by atoms with Gasteiger partial charge >= 0.3 is 0 Å². The Kier molecular flexibility index (Phi) is 3.51. The van der Waals surface area contributed by atoms with E-state index < -0.39 is 0 Å². The average Bonchev–Trinajstić information content (AvgIpc) is 3.15. The number of aromatic nitrogens is 3. The van der Waals surface area contributed by atoms with Gasteiger partial charge in [-0.2, -0.15) is 5.10 Å². The highest BCUT2D eigenvalue weighted by molar-refractivity contribution is 5.93. The lowest BCUT2D eigenvalue weighted by molar-refractivity contribution is 0.0942. The van der Waals surface area contributed by atoms with Crippen molar-refractivity contribution in [3.05, 3.63) is 59.5 Å². The van der Waals surface area contributed by atoms with Gasteiger partial charge in [-0.3, -0.25) is 9.89 Å². The SMILES string of the molecule is Cc1[nH]ncc1CNC(=O)c1cc(-c2ccccc2)on1. The smallest absolute Gasteiger partial charge is 0.273 e. The van der Waals surface area contributed by atoms with E-state index in [9.17, 15) is 4.79 Å². The van der Waals surface area contributed by atoms with E-state index >= 15 is 0 Å². The second-order valence-corrected chi connectivity index (χ2v) is 4.65. The maximum absolute atomic E-state index is 12.0. The number of aryl methyl sites for hydroxylation is 1. The molecule has 3 aromatic rings. The quantitative estimate of drug-likeness (QED) is 0.769. The lowest BCUT2D eigenvalue weighted by atomic mass is 10.1. The van der Waals surface area contributed by atoms with Gasteiger partial charge in [0.05, 0.1) is 6.20 Å². The monoisotopic (exact) mass is 282 g/mol. The molecule has 1 amide bonds. The summed E-state index contributed by atoms with van der Waals surface area (Å²) in [5, 5.41) is 13.3. The first kappa shape index (κ1) is 13.1. The number of H-pyrrole nitrogens is 1. The normalized spacial score (nSPS) is 10.5. The Balaban J connectivity index is 1.69. The number of hydrogen-bond acceptors (Lipinski definition) is 4. The van der Waals surface area contributed by atoms with Crippen LogP contribution in [0.25, 0.3) is 11.3 Å². The molecule has 21 heavy (non-hydrogen) atoms. The van der Waals surface area contributed by atoms with Gasteiger partial charge < -0.3 is 9.84 Å². The van der Waals surface area contributed by atoms with Crippen molar-refractivity contribution >= 4 is 5.91 Å². The van der Waals surface area contributed by atoms with Crippen molar-refractivity contribution < 1.29 is 9.32 Å². The molecule has 1 aromatic carbocycles. The molecule has 2 N–H and O–H groups in total. The lowest BCUT2D eigenvalue weighted by Crippen LogP contribution is -2.23. The maximum Gasteiger partial charge on any atom is 0.273 e. The van der Waals surface area contributed by atoms with Crippen LogP contribution in [0.1, 0.15) is 21.7 Å². The Morgan fingerprint density at radius 2 is 2.14 bits per heavy atom. The van der Waals surface area contributed by atoms with Crippen LogP contribution in [0.5, 0.6) is 0 Å². The van der Waals surface area contributed by atoms with Crippen LogP contribution in [0.15, 0.2) is 47.1 Å². The Hall–Kier alpha value is -2.89. The predicted octanol–water partition coefficient (Wildman–Crippen LogP) is 2.30. The molecule has 0 bridgehead atoms. The molecule has 6 heteroatoms. The highest BCUT2D eigenvalue weighted by Gasteiger charge is 2.13. The summed E-state index contributed by atoms with van der Waals surface area (Å²) >= 11 is 0. The van der Waals surface area contributed by atoms with Gasteiger partial charge in [-0.1, -0.05) is 35.5 Å². The molecule has 0 aliphatic rings. The molecule has 0 unspecified atom stereocenters. The fourth-order valence-electron chi connectivity index (χ4n) is 1.94. The Bertz CT molecular complexity index is 746. The molecule has 0 aliphatic heterocycles. The van der Waals surface area contributed by atoms with Crippen molar-refractivity contribution in [2.24, 2.45) is 0 Å². The molecule has 0 fully saturated rings. The number of hydrogen-bond donors (Lipinski definition) is 2. The van der Waals surface area contributed by atoms with E-state index in [2.05, 4.69) is 20.7 Å². The lowest BCUT2D eigenvalue weighted by Gasteiger charge is -2.00. The van der Waals surface area contributed by atoms with Crippen molar-refractivity contribution in [1.29, 1.82) is 0 Å². The van der Waals surface area contributed by atoms with Crippen LogP contribution >= 0.6 is 0 Å². The van der Waals surface area contributed by atoms with Gasteiger partial charge in [0, 0.05) is 29.4 Å². The van der Waals surface area contributed by atoms with Crippen molar-refractivity contribution in [3.8, 4) is 11.3 Å². The van der Waals surface area contributed by atoms with Gasteiger partial charge in [-0.05, 0) is 6.92 Å². The predicted molar refractivity (Wildman–Crippen MR) is 76.4 cm³/mol. The van der Waals surface area contributed by atoms with E-state index in [0.717, 1.165) is 16.8 Å². The number of aromatic amines is 1. The molecule has 0 saturated heterocycles. The third-order valence-corrected chi connectivity index (χ3v) is 3.17. The first-order chi connectivity index (χ1) is 10.2. The van der Waals surface area contributed by atoms with Gasteiger partial charge in [0.15, 0.2) is 11.5 Å². The molecule has 0 aliphatic carbocycles. The van der Waals surface area contributed by atoms with Crippen molar-refractivity contribution in [2.75, 3.05) is 0 Å². The van der Waals surface area contributed by atoms with Gasteiger partial charge in [0.25, 0.3) is 5.91 Å². The zero-order chi connectivity index (χ0) is 14.7. The summed E-state index contributed by atoms with van der Waals surface area (Å²) in [6.07, 6.45) is 1.69. The van der Waals surface area contributed by atoms with Gasteiger partial charge in [-0.15, -0.1) is 0 Å². The zero-order valence-electron chi connectivity index (χ0n) is 11.5. The molecular formula is C15H14N4O2. The molecule has 0 spiro atoms. The third kappa shape index (κ3) is 2.84. The van der Waals surface area contributed by atoms with Crippen LogP contribution in [-0.4, -0.2) is 21.3 Å². The molecule has 6 nitrogen and oxygen atoms in total. The number of carbonyl (C=O) groups is 1. The number of rotatable bonds is 4. The first-order valence-electron chi connectivity index (χ1n) is 6.53. The second kappa shape index (κ2) is 5.62. The minimum atomic E-state index is -0.276. The van der Waals surface area contributed by atoms with Crippen molar-refractivity contribution in [3.63, 3.8) is 0 Å². The fourth-order valence-corrected chi connectivity index (χ4v) is 1.94. The van der Waals surface area contributed by atoms with E-state index in [1.54, 1.807) is 12.3 Å². The van der Waals surface area contributed by atoms with E-state index in [1.807, 2.05) is 37.3 Å². The molecular weight excluding hydrogens is 268 g/mol. The Morgan fingerprint density at radius 1 is 1.33 bits per heavy atom. The minimum Gasteiger partial charge on any atom is -0.355 e. The largest absolute Gasteiger partial charge is 0.355 e. The maximum atomic E-state index is 12.0. The molecule has 0 atom stereocenters. The second-order valence-electron chi connectivity index (χ2n) is 4.65. The fraction of sp³-hybridized carbons (Fsp3) is 0.133. The zero-order valence-corrected chi connectivity index (χ0v) is 11.5. The van der Waals surface area contributed by atoms with Crippen LogP contribution in [0.2, 0.25) is 0 Å². The summed E-state index contributed by atoms with van der Waals surface area (Å²) in [7, 11) is 0. The van der Waals surface area contributed by atoms with E-state index in [-0.39, 0.29) is 11.6 Å². The van der Waals surface area contributed by atoms with Crippen LogP contribution < -0.4 is 5.32 Å². The Labute approximate surface area is 121 Å². The number of carbonyl (C=O) groups excluding carboxylic acids is 1. The van der Waals surface area contributed by atoms with Crippen LogP contribution in [0.3, 0.4) is 0 Å². The number of nitrogens with zero attached hydrogens (tertiary/aromatic N) is 2. The highest BCUT2D eigenvalue weighted by atomic mass is 16.5. The molecule has 3 rings (SSSR count). The summed E-state index contributed by atoms with van der Waals surface area (Å²) in [6, 6.07) is 11.2. The van der Waals surface area contributed by atoms with Gasteiger partial charge in [-0.25, -0.2) is 0 Å². The van der Waals surface area contributed by atoms with Crippen LogP contribution in [0.4, 0.5) is 0 Å². The number of nitrogens with one attached hydrogen (secondary N) is 2. The standard InChI is InChI=1S/C15H14N4O2/c1-10-12(9-17-18-10)8-16-15(20)13-7-14(21-19-13)11-5-3-2-4-6-11/h2-7,9H,8H2,1H3,(H,16,20)(H,17,18). The molecule has 0 radical (unpaired) electrons. The summed E-state index contributed by atoms with van der Waals surface area (Å²) < 4.78 is 5.20. The summed E-state index contributed by atoms with van der Waals surface area (Å²) in [5.74, 6) is 0.293. The molecule has 2 aromatic heterocycles. The van der Waals surface area contributed by atoms with E-state index in [4.69, 9.17) is 4.52 Å².